The average Bonchev–Trinajstić information content (AvgIpc) is 3.06. The first-order chi connectivity index (χ1) is 15.3. The maximum absolute atomic E-state index is 13.0. The molecule has 3 heterocycles. The van der Waals surface area contributed by atoms with E-state index in [2.05, 4.69) is 27.9 Å². The van der Waals surface area contributed by atoms with Crippen LogP contribution in [0, 0.1) is 23.2 Å². The lowest BCUT2D eigenvalue weighted by molar-refractivity contribution is 0.0106. The summed E-state index contributed by atoms with van der Waals surface area (Å²) in [7, 11) is 0. The van der Waals surface area contributed by atoms with Gasteiger partial charge in [0.25, 0.3) is 0 Å². The molecule has 32 heavy (non-hydrogen) atoms. The summed E-state index contributed by atoms with van der Waals surface area (Å²) in [6.45, 7) is 10.0. The third-order valence-corrected chi connectivity index (χ3v) is 5.68. The van der Waals surface area contributed by atoms with Gasteiger partial charge in [0.15, 0.2) is 11.5 Å². The Bertz CT molecular complexity index is 1140. The highest BCUT2D eigenvalue weighted by molar-refractivity contribution is 5.84. The van der Waals surface area contributed by atoms with E-state index in [1.165, 1.54) is 10.9 Å². The lowest BCUT2D eigenvalue weighted by atomic mass is 10.1. The van der Waals surface area contributed by atoms with Crippen LogP contribution in [0.25, 0.3) is 11.2 Å². The number of carbonyl (C=O) groups excluding carboxylic acids is 1. The van der Waals surface area contributed by atoms with Gasteiger partial charge in [0.05, 0.1) is 19.0 Å². The first-order valence-corrected chi connectivity index (χ1v) is 10.8. The van der Waals surface area contributed by atoms with E-state index in [1.54, 1.807) is 16.4 Å². The molecule has 0 spiro atoms. The predicted molar refractivity (Wildman–Crippen MR) is 120 cm³/mol. The van der Waals surface area contributed by atoms with Crippen molar-refractivity contribution in [2.45, 2.75) is 59.2 Å². The summed E-state index contributed by atoms with van der Waals surface area (Å²) in [5.74, 6) is 6.38. The van der Waals surface area contributed by atoms with E-state index in [-0.39, 0.29) is 31.3 Å². The third kappa shape index (κ3) is 4.70. The lowest BCUT2D eigenvalue weighted by Gasteiger charge is -2.36. The van der Waals surface area contributed by atoms with Gasteiger partial charge in [-0.1, -0.05) is 12.8 Å². The first kappa shape index (κ1) is 23.1. The van der Waals surface area contributed by atoms with Crippen LogP contribution in [0.5, 0.6) is 0 Å². The molecule has 2 aromatic rings. The first-order valence-electron chi connectivity index (χ1n) is 10.8. The van der Waals surface area contributed by atoms with E-state index in [4.69, 9.17) is 10.00 Å². The molecule has 0 bridgehead atoms. The smallest absolute Gasteiger partial charge is 0.410 e. The summed E-state index contributed by atoms with van der Waals surface area (Å²) in [5, 5.41) is 8.98. The summed E-state index contributed by atoms with van der Waals surface area (Å²) >= 11 is 0. The number of imidazole rings is 1. The van der Waals surface area contributed by atoms with E-state index in [0.717, 1.165) is 6.42 Å². The van der Waals surface area contributed by atoms with E-state index >= 15 is 0 Å². The molecule has 2 aromatic heterocycles. The van der Waals surface area contributed by atoms with Crippen molar-refractivity contribution in [3.05, 3.63) is 16.8 Å². The second kappa shape index (κ2) is 9.73. The van der Waals surface area contributed by atoms with Gasteiger partial charge >= 0.3 is 11.8 Å². The number of hydrogen-bond acceptors (Lipinski definition) is 7. The number of aryl methyl sites for hydroxylation is 1. The Balaban J connectivity index is 1.90. The maximum Gasteiger partial charge on any atom is 0.410 e. The summed E-state index contributed by atoms with van der Waals surface area (Å²) in [6.07, 6.45) is 2.05. The summed E-state index contributed by atoms with van der Waals surface area (Å²) < 4.78 is 8.67. The molecule has 0 aromatic carbocycles. The van der Waals surface area contributed by atoms with Crippen LogP contribution in [0.4, 0.5) is 10.6 Å². The molecule has 0 atom stereocenters. The molecule has 0 N–H and O–H groups in total. The molecule has 10 heteroatoms. The number of nitriles is 1. The number of nitrogens with zero attached hydrogens (tertiary/aromatic N) is 7. The largest absolute Gasteiger partial charge is 0.443 e. The number of anilines is 1. The van der Waals surface area contributed by atoms with Crippen LogP contribution in [0.3, 0.4) is 0 Å². The molecule has 3 rings (SSSR count). The van der Waals surface area contributed by atoms with Crippen LogP contribution in [-0.4, -0.2) is 61.9 Å². The van der Waals surface area contributed by atoms with Gasteiger partial charge in [0, 0.05) is 32.7 Å². The van der Waals surface area contributed by atoms with Crippen molar-refractivity contribution in [1.82, 2.24) is 24.0 Å². The molecule has 0 radical (unpaired) electrons. The molecule has 1 aliphatic rings. The number of aromatic nitrogens is 4. The predicted octanol–water partition coefficient (Wildman–Crippen LogP) is 1.98. The molecule has 0 unspecified atom stereocenters. The Labute approximate surface area is 187 Å². The number of fused-ring (bicyclic) bond motifs is 1. The number of hydrogen-bond donors (Lipinski definition) is 0. The van der Waals surface area contributed by atoms with Crippen LogP contribution in [0.15, 0.2) is 11.1 Å². The Hall–Kier alpha value is -3.53. The standard InChI is InChI=1S/C22H29N7O3/c1-5-7-10-28-17-18(24-16-25-19(17)29(20(28)30)11-8-9-23)26-12-14-27(15-13-26)21(31)32-22(3,4)6-2/h16H,6,8,10-15H2,1-4H3. The minimum atomic E-state index is -0.504. The van der Waals surface area contributed by atoms with Gasteiger partial charge in [-0.15, -0.1) is 5.92 Å². The van der Waals surface area contributed by atoms with E-state index in [1.807, 2.05) is 25.7 Å². The Morgan fingerprint density at radius 2 is 1.94 bits per heavy atom. The van der Waals surface area contributed by atoms with E-state index in [0.29, 0.717) is 43.2 Å². The minimum absolute atomic E-state index is 0.201. The van der Waals surface area contributed by atoms with Crippen LogP contribution < -0.4 is 10.6 Å². The van der Waals surface area contributed by atoms with Crippen molar-refractivity contribution in [3.63, 3.8) is 0 Å². The van der Waals surface area contributed by atoms with Crippen LogP contribution in [-0.2, 0) is 17.8 Å². The Morgan fingerprint density at radius 1 is 1.22 bits per heavy atom. The van der Waals surface area contributed by atoms with Gasteiger partial charge in [-0.3, -0.25) is 9.13 Å². The van der Waals surface area contributed by atoms with E-state index < -0.39 is 5.60 Å². The monoisotopic (exact) mass is 439 g/mol. The minimum Gasteiger partial charge on any atom is -0.443 e. The molecule has 1 saturated heterocycles. The number of piperazine rings is 1. The Kier molecular flexibility index (Phi) is 7.04. The third-order valence-electron chi connectivity index (χ3n) is 5.68. The maximum atomic E-state index is 13.0. The van der Waals surface area contributed by atoms with Crippen LogP contribution in [0.2, 0.25) is 0 Å². The zero-order valence-corrected chi connectivity index (χ0v) is 19.1. The van der Waals surface area contributed by atoms with Crippen LogP contribution >= 0.6 is 0 Å². The van der Waals surface area contributed by atoms with Gasteiger partial charge in [0.2, 0.25) is 0 Å². The van der Waals surface area contributed by atoms with Crippen molar-refractivity contribution in [2.75, 3.05) is 31.1 Å². The zero-order valence-electron chi connectivity index (χ0n) is 19.1. The highest BCUT2D eigenvalue weighted by atomic mass is 16.6. The fourth-order valence-corrected chi connectivity index (χ4v) is 3.50. The number of amides is 1. The SMILES string of the molecule is CC#CCn1c(=O)n(CCC#N)c2ncnc(N3CCN(C(=O)OC(C)(C)CC)CC3)c21. The summed E-state index contributed by atoms with van der Waals surface area (Å²) in [6, 6.07) is 2.07. The van der Waals surface area contributed by atoms with Gasteiger partial charge in [-0.25, -0.2) is 19.6 Å². The second-order valence-electron chi connectivity index (χ2n) is 8.18. The molecule has 1 aliphatic heterocycles. The van der Waals surface area contributed by atoms with Crippen molar-refractivity contribution < 1.29 is 9.53 Å². The molecule has 0 saturated carbocycles. The van der Waals surface area contributed by atoms with Gasteiger partial charge in [-0.05, 0) is 27.2 Å². The van der Waals surface area contributed by atoms with Gasteiger partial charge < -0.3 is 14.5 Å². The zero-order chi connectivity index (χ0) is 23.3. The summed E-state index contributed by atoms with van der Waals surface area (Å²) in [5.41, 5.74) is 0.320. The van der Waals surface area contributed by atoms with Crippen molar-refractivity contribution in [1.29, 1.82) is 5.26 Å². The van der Waals surface area contributed by atoms with Crippen LogP contribution in [0.1, 0.15) is 40.5 Å². The van der Waals surface area contributed by atoms with Crippen molar-refractivity contribution >= 4 is 23.1 Å². The van der Waals surface area contributed by atoms with Gasteiger partial charge in [-0.2, -0.15) is 5.26 Å². The molecule has 170 valence electrons. The highest BCUT2D eigenvalue weighted by Crippen LogP contribution is 2.24. The number of rotatable bonds is 6. The number of carbonyl (C=O) groups is 1. The quantitative estimate of drug-likeness (QED) is 0.633. The van der Waals surface area contributed by atoms with E-state index in [9.17, 15) is 9.59 Å². The second-order valence-corrected chi connectivity index (χ2v) is 8.18. The summed E-state index contributed by atoms with van der Waals surface area (Å²) in [4.78, 5) is 38.1. The molecular weight excluding hydrogens is 410 g/mol. The fraction of sp³-hybridized carbons (Fsp3) is 0.591. The topological polar surface area (TPSA) is 109 Å². The molecule has 1 fully saturated rings. The lowest BCUT2D eigenvalue weighted by Crippen LogP contribution is -2.50. The number of ether oxygens (including phenoxy) is 1. The fourth-order valence-electron chi connectivity index (χ4n) is 3.50. The average molecular weight is 440 g/mol. The molecule has 10 nitrogen and oxygen atoms in total. The normalized spacial score (nSPS) is 14.1. The highest BCUT2D eigenvalue weighted by Gasteiger charge is 2.29. The van der Waals surface area contributed by atoms with Crippen molar-refractivity contribution in [2.24, 2.45) is 0 Å². The molecular formula is C22H29N7O3. The Morgan fingerprint density at radius 3 is 2.56 bits per heavy atom. The van der Waals surface area contributed by atoms with Gasteiger partial charge in [0.1, 0.15) is 17.4 Å². The van der Waals surface area contributed by atoms with Crippen molar-refractivity contribution in [3.8, 4) is 17.9 Å². The molecule has 0 aliphatic carbocycles. The molecule has 1 amide bonds.